The van der Waals surface area contributed by atoms with E-state index in [2.05, 4.69) is 21.7 Å². The van der Waals surface area contributed by atoms with Crippen LogP contribution < -0.4 is 15.4 Å². The molecule has 0 bridgehead atoms. The summed E-state index contributed by atoms with van der Waals surface area (Å²) >= 11 is 0. The lowest BCUT2D eigenvalue weighted by Crippen LogP contribution is -2.64. The van der Waals surface area contributed by atoms with Crippen LogP contribution in [-0.4, -0.2) is 108 Å². The smallest absolute Gasteiger partial charge is 0.427 e. The molecule has 0 aromatic rings. The first kappa shape index (κ1) is 42.5. The van der Waals surface area contributed by atoms with E-state index in [0.29, 0.717) is 45.7 Å². The van der Waals surface area contributed by atoms with E-state index in [-0.39, 0.29) is 36.7 Å². The van der Waals surface area contributed by atoms with Gasteiger partial charge in [-0.2, -0.15) is 13.2 Å². The first-order chi connectivity index (χ1) is 26.5. The Morgan fingerprint density at radius 1 is 1.12 bits per heavy atom. The Bertz CT molecular complexity index is 1910. The predicted octanol–water partition coefficient (Wildman–Crippen LogP) is 3.75. The summed E-state index contributed by atoms with van der Waals surface area (Å²) in [5.41, 5.74) is -7.60. The Labute approximate surface area is 329 Å². The summed E-state index contributed by atoms with van der Waals surface area (Å²) in [6.07, 6.45) is 3.23. The number of sulfonamides is 1. The molecule has 3 aliphatic carbocycles. The number of nitrogens with zero attached hydrogens (tertiary/aromatic N) is 1. The lowest BCUT2D eigenvalue weighted by molar-refractivity contribution is -0.244. The van der Waals surface area contributed by atoms with E-state index in [1.165, 1.54) is 6.92 Å². The van der Waals surface area contributed by atoms with Crippen LogP contribution in [0.3, 0.4) is 0 Å². The number of ketones is 1. The van der Waals surface area contributed by atoms with Gasteiger partial charge >= 0.3 is 18.2 Å². The average Bonchev–Trinajstić information content (AvgIpc) is 3.99. The molecule has 1 saturated heterocycles. The SMILES string of the molecule is CC1=CC2=C(OC[C@@H](C3C[C@H]4C(=O)NC5(C(=O)NS(=O)(=O)C6(C)CC6)C[C@H]5/C=C\CC[C@H](C)CCCCN4C3)O2)C(=O)[C@]1(NC(=O)OC(C)(C)C(F)(F)F)C(=O)O. The molecule has 316 valence electrons. The van der Waals surface area contributed by atoms with Crippen molar-refractivity contribution < 1.29 is 64.9 Å². The highest BCUT2D eigenvalue weighted by molar-refractivity contribution is 7.91. The zero-order chi connectivity index (χ0) is 41.9. The van der Waals surface area contributed by atoms with Gasteiger partial charge in [0.1, 0.15) is 18.2 Å². The first-order valence-corrected chi connectivity index (χ1v) is 20.8. The van der Waals surface area contributed by atoms with Crippen LogP contribution in [0, 0.1) is 17.8 Å². The summed E-state index contributed by atoms with van der Waals surface area (Å²) in [5.74, 6) is -5.41. The van der Waals surface area contributed by atoms with E-state index >= 15 is 0 Å². The quantitative estimate of drug-likeness (QED) is 0.214. The second kappa shape index (κ2) is 14.9. The van der Waals surface area contributed by atoms with Crippen molar-refractivity contribution in [2.24, 2.45) is 17.8 Å². The third-order valence-corrected chi connectivity index (χ3v) is 14.6. The van der Waals surface area contributed by atoms with Crippen LogP contribution in [0.25, 0.3) is 0 Å². The highest BCUT2D eigenvalue weighted by Gasteiger charge is 2.63. The van der Waals surface area contributed by atoms with Gasteiger partial charge in [-0.15, -0.1) is 0 Å². The highest BCUT2D eigenvalue weighted by Crippen LogP contribution is 2.48. The molecule has 2 saturated carbocycles. The number of halogens is 3. The van der Waals surface area contributed by atoms with Gasteiger partial charge in [0.25, 0.3) is 5.91 Å². The number of fused-ring (bicyclic) bond motifs is 2. The van der Waals surface area contributed by atoms with Crippen molar-refractivity contribution in [2.75, 3.05) is 19.7 Å². The molecule has 4 N–H and O–H groups in total. The molecule has 0 spiro atoms. The van der Waals surface area contributed by atoms with Crippen LogP contribution in [0.5, 0.6) is 0 Å². The van der Waals surface area contributed by atoms with Gasteiger partial charge in [-0.25, -0.2) is 18.0 Å². The van der Waals surface area contributed by atoms with Crippen LogP contribution in [0.2, 0.25) is 0 Å². The number of alkyl carbamates (subject to hydrolysis) is 1. The van der Waals surface area contributed by atoms with E-state index < -0.39 is 91.1 Å². The topological polar surface area (TPSA) is 207 Å². The Morgan fingerprint density at radius 3 is 2.47 bits per heavy atom. The van der Waals surface area contributed by atoms with Gasteiger partial charge in [0.2, 0.25) is 38.6 Å². The van der Waals surface area contributed by atoms with Crippen LogP contribution in [0.15, 0.2) is 35.3 Å². The Morgan fingerprint density at radius 2 is 1.82 bits per heavy atom. The molecule has 0 aromatic heterocycles. The summed E-state index contributed by atoms with van der Waals surface area (Å²) in [6.45, 7) is 6.72. The molecule has 0 aromatic carbocycles. The maximum Gasteiger partial charge on any atom is 0.427 e. The molecule has 7 atom stereocenters. The zero-order valence-electron chi connectivity index (χ0n) is 32.6. The molecule has 57 heavy (non-hydrogen) atoms. The number of allylic oxidation sites excluding steroid dienone is 2. The summed E-state index contributed by atoms with van der Waals surface area (Å²) in [6, 6.07) is -0.731. The Hall–Kier alpha value is -4.13. The van der Waals surface area contributed by atoms with Crippen molar-refractivity contribution in [1.82, 2.24) is 20.3 Å². The normalized spacial score (nSPS) is 33.9. The highest BCUT2D eigenvalue weighted by atomic mass is 32.2. The largest absolute Gasteiger partial charge is 0.482 e. The molecule has 3 amide bonds. The van der Waals surface area contributed by atoms with Gasteiger partial charge in [0.15, 0.2) is 5.76 Å². The van der Waals surface area contributed by atoms with Crippen LogP contribution in [0.4, 0.5) is 18.0 Å². The monoisotopic (exact) mass is 828 g/mol. The lowest BCUT2D eigenvalue weighted by Gasteiger charge is -2.38. The van der Waals surface area contributed by atoms with Gasteiger partial charge in [-0.1, -0.05) is 31.9 Å². The van der Waals surface area contributed by atoms with Gasteiger partial charge in [0, 0.05) is 18.4 Å². The van der Waals surface area contributed by atoms with Gasteiger partial charge in [-0.3, -0.25) is 29.3 Å². The molecule has 3 fully saturated rings. The number of carboxylic acid groups (broad SMARTS) is 1. The summed E-state index contributed by atoms with van der Waals surface area (Å²) < 4.78 is 84.1. The molecule has 2 unspecified atom stereocenters. The molecule has 3 aliphatic heterocycles. The molecule has 0 radical (unpaired) electrons. The predicted molar refractivity (Wildman–Crippen MR) is 195 cm³/mol. The number of rotatable bonds is 7. The summed E-state index contributed by atoms with van der Waals surface area (Å²) in [4.78, 5) is 68.9. The number of Topliss-reactive ketones (excluding diaryl/α,β-unsaturated/α-hetero) is 1. The minimum atomic E-state index is -5.00. The molecular formula is C38H51F3N4O11S. The molecular weight excluding hydrogens is 777 g/mol. The number of hydrogen-bond donors (Lipinski definition) is 4. The zero-order valence-corrected chi connectivity index (χ0v) is 33.4. The number of aliphatic carboxylic acids is 1. The minimum Gasteiger partial charge on any atom is -0.482 e. The Kier molecular flexibility index (Phi) is 11.1. The van der Waals surface area contributed by atoms with Crippen LogP contribution in [-0.2, 0) is 43.4 Å². The van der Waals surface area contributed by atoms with Gasteiger partial charge in [0.05, 0.1) is 10.8 Å². The fourth-order valence-electron chi connectivity index (χ4n) is 7.98. The number of carboxylic acids is 1. The van der Waals surface area contributed by atoms with Crippen molar-refractivity contribution in [1.29, 1.82) is 0 Å². The molecule has 15 nitrogen and oxygen atoms in total. The van der Waals surface area contributed by atoms with Crippen molar-refractivity contribution in [3.63, 3.8) is 0 Å². The fourth-order valence-corrected chi connectivity index (χ4v) is 9.29. The van der Waals surface area contributed by atoms with E-state index in [0.717, 1.165) is 38.2 Å². The summed E-state index contributed by atoms with van der Waals surface area (Å²) in [5, 5.41) is 14.9. The maximum atomic E-state index is 14.2. The van der Waals surface area contributed by atoms with E-state index in [1.807, 2.05) is 22.4 Å². The number of hydrogen-bond acceptors (Lipinski definition) is 11. The third kappa shape index (κ3) is 8.01. The summed E-state index contributed by atoms with van der Waals surface area (Å²) in [7, 11) is -3.98. The third-order valence-electron chi connectivity index (χ3n) is 12.5. The lowest BCUT2D eigenvalue weighted by atomic mass is 9.80. The van der Waals surface area contributed by atoms with Crippen molar-refractivity contribution >= 4 is 39.7 Å². The number of amides is 3. The maximum absolute atomic E-state index is 14.2. The number of carbonyl (C=O) groups is 5. The number of nitrogens with one attached hydrogen (secondary N) is 3. The van der Waals surface area contributed by atoms with E-state index in [4.69, 9.17) is 9.47 Å². The van der Waals surface area contributed by atoms with E-state index in [1.54, 1.807) is 6.92 Å². The standard InChI is InChI=1S/C38H51F3N4O11S/c1-21-10-6-7-12-24-18-36(24,31(48)44-57(52,53)35(5)13-14-35)42-30(47)25-17-23(19-45(25)15-9-8-11-21)27-20-54-28-26(55-27)16-22(2)37(29(28)46,32(49)50)43-33(51)56-34(3,4)38(39,40)41/h7,12,16,21,23-25,27H,6,8-11,13-15,17-20H2,1-5H3,(H,42,47)(H,43,51)(H,44,48)(H,49,50)/b12-7-/t21-,23?,24+,25-,27-,36?,37-/m0/s1. The average molecular weight is 829 g/mol. The van der Waals surface area contributed by atoms with Gasteiger partial charge < -0.3 is 24.6 Å². The molecule has 19 heteroatoms. The van der Waals surface area contributed by atoms with Crippen molar-refractivity contribution in [3.8, 4) is 0 Å². The van der Waals surface area contributed by atoms with Gasteiger partial charge in [-0.05, 0) is 96.8 Å². The van der Waals surface area contributed by atoms with Crippen LogP contribution in [0.1, 0.15) is 92.4 Å². The fraction of sp³-hybridized carbons (Fsp3) is 0.711. The molecule has 6 aliphatic rings. The number of ether oxygens (including phenoxy) is 3. The number of carbonyl (C=O) groups excluding carboxylic acids is 4. The first-order valence-electron chi connectivity index (χ1n) is 19.3. The number of alkyl halides is 3. The minimum absolute atomic E-state index is 0.145. The van der Waals surface area contributed by atoms with Crippen LogP contribution >= 0.6 is 0 Å². The second-order valence-electron chi connectivity index (χ2n) is 17.2. The van der Waals surface area contributed by atoms with Crippen molar-refractivity contribution in [2.45, 2.75) is 132 Å². The Balaban J connectivity index is 1.20. The van der Waals surface area contributed by atoms with Crippen molar-refractivity contribution in [3.05, 3.63) is 35.3 Å². The second-order valence-corrected chi connectivity index (χ2v) is 19.4. The molecule has 6 rings (SSSR count). The molecule has 3 heterocycles. The van der Waals surface area contributed by atoms with E-state index in [9.17, 15) is 50.7 Å².